The Hall–Kier alpha value is -3.67. The second-order valence-electron chi connectivity index (χ2n) is 9.66. The van der Waals surface area contributed by atoms with Gasteiger partial charge in [0.2, 0.25) is 11.8 Å². The largest absolute Gasteiger partial charge is 0.352 e. The molecule has 1 fully saturated rings. The van der Waals surface area contributed by atoms with Gasteiger partial charge in [0.1, 0.15) is 0 Å². The molecule has 0 bridgehead atoms. The summed E-state index contributed by atoms with van der Waals surface area (Å²) in [6.07, 6.45) is 1.77. The minimum Gasteiger partial charge on any atom is -0.352 e. The zero-order valence-electron chi connectivity index (χ0n) is 20.4. The molecule has 6 nitrogen and oxygen atoms in total. The van der Waals surface area contributed by atoms with Crippen LogP contribution in [0.5, 0.6) is 0 Å². The summed E-state index contributed by atoms with van der Waals surface area (Å²) in [7, 11) is 0. The fourth-order valence-corrected chi connectivity index (χ4v) is 4.60. The maximum Gasteiger partial charge on any atom is 0.254 e. The van der Waals surface area contributed by atoms with E-state index in [1.807, 2.05) is 85.5 Å². The Balaban J connectivity index is 1.28. The number of anilines is 1. The van der Waals surface area contributed by atoms with E-state index in [4.69, 9.17) is 0 Å². The Morgan fingerprint density at radius 1 is 0.943 bits per heavy atom. The van der Waals surface area contributed by atoms with Crippen molar-refractivity contribution in [3.63, 3.8) is 0 Å². The minimum absolute atomic E-state index is 0.00834. The van der Waals surface area contributed by atoms with Crippen LogP contribution >= 0.6 is 0 Å². The number of fused-ring (bicyclic) bond motifs is 1. The number of carbonyl (C=O) groups excluding carboxylic acids is 3. The van der Waals surface area contributed by atoms with Crippen LogP contribution in [0.3, 0.4) is 0 Å². The van der Waals surface area contributed by atoms with E-state index in [9.17, 15) is 14.4 Å². The normalized spacial score (nSPS) is 14.2. The average molecular weight is 472 g/mol. The predicted molar refractivity (Wildman–Crippen MR) is 139 cm³/mol. The smallest absolute Gasteiger partial charge is 0.254 e. The van der Waals surface area contributed by atoms with Crippen LogP contribution in [0.15, 0.2) is 66.7 Å². The van der Waals surface area contributed by atoms with Crippen molar-refractivity contribution in [2.24, 2.45) is 11.8 Å². The van der Waals surface area contributed by atoms with Crippen LogP contribution in [-0.4, -0.2) is 35.7 Å². The number of nitrogens with zero attached hydrogens (tertiary/aromatic N) is 1. The van der Waals surface area contributed by atoms with Crippen molar-refractivity contribution >= 4 is 34.2 Å². The Labute approximate surface area is 206 Å². The molecule has 2 N–H and O–H groups in total. The molecular formula is C29H33N3O3. The number of benzene rings is 3. The first-order valence-electron chi connectivity index (χ1n) is 12.3. The van der Waals surface area contributed by atoms with Crippen molar-refractivity contribution < 1.29 is 14.4 Å². The monoisotopic (exact) mass is 471 g/mol. The first-order valence-corrected chi connectivity index (χ1v) is 12.3. The number of rotatable bonds is 7. The van der Waals surface area contributed by atoms with Crippen molar-refractivity contribution in [2.75, 3.05) is 18.4 Å². The summed E-state index contributed by atoms with van der Waals surface area (Å²) in [6, 6.07) is 21.3. The third-order valence-electron chi connectivity index (χ3n) is 6.44. The first-order chi connectivity index (χ1) is 16.9. The standard InChI is InChI=1S/C29H33N3O3/c1-20(2)17-27(33)31-24-10-5-7-21(18-24)19-30-28(34)23-13-15-32(16-14-23)29(35)26-12-6-9-22-8-3-4-11-25(22)26/h3-12,18,20,23H,13-17,19H2,1-2H3,(H,30,34)(H,31,33). The number of amides is 3. The van der Waals surface area contributed by atoms with Crippen molar-refractivity contribution in [3.05, 3.63) is 77.9 Å². The SMILES string of the molecule is CC(C)CC(=O)Nc1cccc(CNC(=O)C2CCN(C(=O)c3cccc4ccccc34)CC2)c1. The zero-order chi connectivity index (χ0) is 24.8. The van der Waals surface area contributed by atoms with Crippen molar-refractivity contribution in [2.45, 2.75) is 39.7 Å². The van der Waals surface area contributed by atoms with Gasteiger partial charge in [-0.2, -0.15) is 0 Å². The second kappa shape index (κ2) is 11.2. The second-order valence-corrected chi connectivity index (χ2v) is 9.66. The van der Waals surface area contributed by atoms with E-state index >= 15 is 0 Å². The van der Waals surface area contributed by atoms with Gasteiger partial charge in [0, 0.05) is 43.2 Å². The molecule has 182 valence electrons. The van der Waals surface area contributed by atoms with Gasteiger partial charge < -0.3 is 15.5 Å². The molecule has 1 heterocycles. The molecule has 0 aliphatic carbocycles. The molecular weight excluding hydrogens is 438 g/mol. The summed E-state index contributed by atoms with van der Waals surface area (Å²) in [4.78, 5) is 39.8. The maximum atomic E-state index is 13.2. The summed E-state index contributed by atoms with van der Waals surface area (Å²) >= 11 is 0. The van der Waals surface area contributed by atoms with E-state index in [2.05, 4.69) is 10.6 Å². The van der Waals surface area contributed by atoms with Gasteiger partial charge in [0.05, 0.1) is 0 Å². The molecule has 0 spiro atoms. The lowest BCUT2D eigenvalue weighted by Crippen LogP contribution is -2.43. The lowest BCUT2D eigenvalue weighted by molar-refractivity contribution is -0.126. The lowest BCUT2D eigenvalue weighted by atomic mass is 9.94. The number of piperidine rings is 1. The molecule has 3 aromatic carbocycles. The van der Waals surface area contributed by atoms with Gasteiger partial charge in [0.25, 0.3) is 5.91 Å². The molecule has 0 atom stereocenters. The molecule has 0 aromatic heterocycles. The van der Waals surface area contributed by atoms with E-state index in [0.29, 0.717) is 50.4 Å². The number of nitrogens with one attached hydrogen (secondary N) is 2. The van der Waals surface area contributed by atoms with Gasteiger partial charge in [-0.15, -0.1) is 0 Å². The van der Waals surface area contributed by atoms with Crippen molar-refractivity contribution in [1.29, 1.82) is 0 Å². The number of carbonyl (C=O) groups is 3. The summed E-state index contributed by atoms with van der Waals surface area (Å²) in [5.74, 6) is 0.214. The third-order valence-corrected chi connectivity index (χ3v) is 6.44. The number of hydrogen-bond acceptors (Lipinski definition) is 3. The number of likely N-dealkylation sites (tertiary alicyclic amines) is 1. The van der Waals surface area contributed by atoms with Crippen molar-refractivity contribution in [1.82, 2.24) is 10.2 Å². The Morgan fingerprint density at radius 2 is 1.66 bits per heavy atom. The van der Waals surface area contributed by atoms with Crippen LogP contribution in [0.1, 0.15) is 49.0 Å². The zero-order valence-corrected chi connectivity index (χ0v) is 20.4. The Kier molecular flexibility index (Phi) is 7.80. The quantitative estimate of drug-likeness (QED) is 0.509. The molecule has 1 aliphatic rings. The van der Waals surface area contributed by atoms with E-state index in [0.717, 1.165) is 22.0 Å². The fourth-order valence-electron chi connectivity index (χ4n) is 4.60. The third kappa shape index (κ3) is 6.27. The van der Waals surface area contributed by atoms with Gasteiger partial charge in [0.15, 0.2) is 0 Å². The van der Waals surface area contributed by atoms with E-state index in [1.165, 1.54) is 0 Å². The van der Waals surface area contributed by atoms with Crippen LogP contribution in [-0.2, 0) is 16.1 Å². The first kappa shape index (κ1) is 24.5. The molecule has 35 heavy (non-hydrogen) atoms. The Bertz CT molecular complexity index is 1210. The highest BCUT2D eigenvalue weighted by atomic mass is 16.2. The highest BCUT2D eigenvalue weighted by Crippen LogP contribution is 2.24. The molecule has 0 radical (unpaired) electrons. The van der Waals surface area contributed by atoms with Gasteiger partial charge in [-0.3, -0.25) is 14.4 Å². The van der Waals surface area contributed by atoms with E-state index in [-0.39, 0.29) is 23.6 Å². The summed E-state index contributed by atoms with van der Waals surface area (Å²) in [5.41, 5.74) is 2.39. The van der Waals surface area contributed by atoms with Crippen LogP contribution in [0.4, 0.5) is 5.69 Å². The molecule has 4 rings (SSSR count). The van der Waals surface area contributed by atoms with Crippen molar-refractivity contribution in [3.8, 4) is 0 Å². The molecule has 0 unspecified atom stereocenters. The summed E-state index contributed by atoms with van der Waals surface area (Å²) < 4.78 is 0. The van der Waals surface area contributed by atoms with Gasteiger partial charge in [-0.1, -0.05) is 62.4 Å². The van der Waals surface area contributed by atoms with Gasteiger partial charge in [-0.25, -0.2) is 0 Å². The average Bonchev–Trinajstić information content (AvgIpc) is 2.86. The molecule has 6 heteroatoms. The molecule has 3 aromatic rings. The molecule has 1 saturated heterocycles. The fraction of sp³-hybridized carbons (Fsp3) is 0.345. The summed E-state index contributed by atoms with van der Waals surface area (Å²) in [6.45, 7) is 5.56. The van der Waals surface area contributed by atoms with E-state index < -0.39 is 0 Å². The van der Waals surface area contributed by atoms with Crippen LogP contribution in [0.25, 0.3) is 10.8 Å². The lowest BCUT2D eigenvalue weighted by Gasteiger charge is -2.31. The topological polar surface area (TPSA) is 78.5 Å². The Morgan fingerprint density at radius 3 is 2.43 bits per heavy atom. The van der Waals surface area contributed by atoms with Crippen LogP contribution < -0.4 is 10.6 Å². The predicted octanol–water partition coefficient (Wildman–Crippen LogP) is 4.99. The molecule has 1 aliphatic heterocycles. The van der Waals surface area contributed by atoms with Gasteiger partial charge in [-0.05, 0) is 53.3 Å². The number of hydrogen-bond donors (Lipinski definition) is 2. The van der Waals surface area contributed by atoms with Crippen LogP contribution in [0, 0.1) is 11.8 Å². The van der Waals surface area contributed by atoms with E-state index in [1.54, 1.807) is 0 Å². The highest BCUT2D eigenvalue weighted by Gasteiger charge is 2.28. The van der Waals surface area contributed by atoms with Crippen LogP contribution in [0.2, 0.25) is 0 Å². The van der Waals surface area contributed by atoms with Gasteiger partial charge >= 0.3 is 0 Å². The highest BCUT2D eigenvalue weighted by molar-refractivity contribution is 6.07. The summed E-state index contributed by atoms with van der Waals surface area (Å²) in [5, 5.41) is 7.95. The molecule has 0 saturated carbocycles. The minimum atomic E-state index is -0.111. The molecule has 3 amide bonds. The maximum absolute atomic E-state index is 13.2.